The fraction of sp³-hybridized carbons (Fsp3) is 0.273. The van der Waals surface area contributed by atoms with E-state index in [-0.39, 0.29) is 6.04 Å². The first kappa shape index (κ1) is 9.86. The summed E-state index contributed by atoms with van der Waals surface area (Å²) < 4.78 is 1.98. The van der Waals surface area contributed by atoms with Gasteiger partial charge in [0.05, 0.1) is 17.6 Å². The normalized spacial score (nSPS) is 12.7. The molecule has 0 saturated carbocycles. The molecule has 0 aliphatic heterocycles. The van der Waals surface area contributed by atoms with Gasteiger partial charge in [0.25, 0.3) is 0 Å². The van der Waals surface area contributed by atoms with Gasteiger partial charge in [-0.25, -0.2) is 4.98 Å². The summed E-state index contributed by atoms with van der Waals surface area (Å²) in [5.41, 5.74) is 7.64. The highest BCUT2D eigenvalue weighted by Crippen LogP contribution is 2.12. The van der Waals surface area contributed by atoms with E-state index in [2.05, 4.69) is 9.97 Å². The van der Waals surface area contributed by atoms with E-state index in [0.717, 1.165) is 17.2 Å². The molecule has 0 aliphatic rings. The van der Waals surface area contributed by atoms with Crippen LogP contribution in [0.3, 0.4) is 0 Å². The van der Waals surface area contributed by atoms with Crippen LogP contribution in [0.15, 0.2) is 30.7 Å². The second-order valence-corrected chi connectivity index (χ2v) is 3.57. The van der Waals surface area contributed by atoms with Gasteiger partial charge >= 0.3 is 0 Å². The summed E-state index contributed by atoms with van der Waals surface area (Å²) in [6, 6.07) is 3.92. The topological polar surface area (TPSA) is 56.7 Å². The van der Waals surface area contributed by atoms with Crippen molar-refractivity contribution < 1.29 is 0 Å². The highest BCUT2D eigenvalue weighted by molar-refractivity contribution is 5.31. The molecule has 15 heavy (non-hydrogen) atoms. The molecule has 2 N–H and O–H groups in total. The molecular formula is C11H14N4. The first-order valence-corrected chi connectivity index (χ1v) is 4.90. The molecule has 0 radical (unpaired) electrons. The van der Waals surface area contributed by atoms with Gasteiger partial charge in [0.15, 0.2) is 0 Å². The Kier molecular flexibility index (Phi) is 2.51. The largest absolute Gasteiger partial charge is 0.323 e. The Balaban J connectivity index is 2.36. The minimum absolute atomic E-state index is 0.0251. The number of hydrogen-bond donors (Lipinski definition) is 1. The van der Waals surface area contributed by atoms with Gasteiger partial charge in [-0.15, -0.1) is 0 Å². The third kappa shape index (κ3) is 1.89. The molecule has 0 fully saturated rings. The predicted molar refractivity (Wildman–Crippen MR) is 58.7 cm³/mol. The number of aromatic nitrogens is 3. The number of nitrogens with two attached hydrogens (primary N) is 1. The smallest absolute Gasteiger partial charge is 0.110 e. The van der Waals surface area contributed by atoms with Crippen LogP contribution in [0.25, 0.3) is 5.69 Å². The van der Waals surface area contributed by atoms with Crippen molar-refractivity contribution in [1.82, 2.24) is 14.5 Å². The van der Waals surface area contributed by atoms with E-state index in [0.29, 0.717) is 0 Å². The number of hydrogen-bond acceptors (Lipinski definition) is 3. The molecule has 0 spiro atoms. The molecule has 78 valence electrons. The highest BCUT2D eigenvalue weighted by Gasteiger charge is 2.03. The van der Waals surface area contributed by atoms with Gasteiger partial charge in [-0.2, -0.15) is 0 Å². The maximum absolute atomic E-state index is 5.73. The fourth-order valence-corrected chi connectivity index (χ4v) is 1.46. The van der Waals surface area contributed by atoms with Crippen LogP contribution in [0.5, 0.6) is 0 Å². The molecule has 2 aromatic rings. The van der Waals surface area contributed by atoms with Crippen LogP contribution < -0.4 is 5.73 Å². The molecule has 0 unspecified atom stereocenters. The monoisotopic (exact) mass is 202 g/mol. The van der Waals surface area contributed by atoms with Crippen LogP contribution >= 0.6 is 0 Å². The SMILES string of the molecule is Cc1nccn1-c1ccc([C@@H](C)N)nc1. The van der Waals surface area contributed by atoms with Crippen molar-refractivity contribution >= 4 is 0 Å². The lowest BCUT2D eigenvalue weighted by atomic mass is 10.2. The lowest BCUT2D eigenvalue weighted by molar-refractivity contribution is 0.778. The standard InChI is InChI=1S/C11H14N4/c1-8(12)11-4-3-10(7-14-11)15-6-5-13-9(15)2/h3-8H,12H2,1-2H3/t8-/m1/s1. The van der Waals surface area contributed by atoms with E-state index in [1.165, 1.54) is 0 Å². The molecule has 0 bridgehead atoms. The summed E-state index contributed by atoms with van der Waals surface area (Å²) >= 11 is 0. The number of pyridine rings is 1. The first-order chi connectivity index (χ1) is 7.18. The van der Waals surface area contributed by atoms with Gasteiger partial charge in [0.1, 0.15) is 5.82 Å². The zero-order valence-corrected chi connectivity index (χ0v) is 8.88. The minimum atomic E-state index is -0.0251. The Labute approximate surface area is 88.8 Å². The van der Waals surface area contributed by atoms with Crippen molar-refractivity contribution in [3.05, 3.63) is 42.2 Å². The zero-order chi connectivity index (χ0) is 10.8. The summed E-state index contributed by atoms with van der Waals surface area (Å²) in [5, 5.41) is 0. The van der Waals surface area contributed by atoms with Crippen LogP contribution in [-0.2, 0) is 0 Å². The third-order valence-corrected chi connectivity index (χ3v) is 2.34. The van der Waals surface area contributed by atoms with E-state index < -0.39 is 0 Å². The van der Waals surface area contributed by atoms with Crippen molar-refractivity contribution in [1.29, 1.82) is 0 Å². The van der Waals surface area contributed by atoms with E-state index in [4.69, 9.17) is 5.73 Å². The lowest BCUT2D eigenvalue weighted by Gasteiger charge is -2.07. The molecule has 2 heterocycles. The second-order valence-electron chi connectivity index (χ2n) is 3.57. The van der Waals surface area contributed by atoms with Crippen molar-refractivity contribution in [2.24, 2.45) is 5.73 Å². The van der Waals surface area contributed by atoms with E-state index in [1.54, 1.807) is 6.20 Å². The molecule has 0 aromatic carbocycles. The third-order valence-electron chi connectivity index (χ3n) is 2.34. The molecule has 4 nitrogen and oxygen atoms in total. The number of imidazole rings is 1. The van der Waals surface area contributed by atoms with Gasteiger partial charge in [0, 0.05) is 18.4 Å². The average molecular weight is 202 g/mol. The molecular weight excluding hydrogens is 188 g/mol. The number of aryl methyl sites for hydroxylation is 1. The van der Waals surface area contributed by atoms with Crippen molar-refractivity contribution in [3.63, 3.8) is 0 Å². The summed E-state index contributed by atoms with van der Waals surface area (Å²) in [6.45, 7) is 3.88. The molecule has 0 saturated heterocycles. The summed E-state index contributed by atoms with van der Waals surface area (Å²) in [5.74, 6) is 0.949. The van der Waals surface area contributed by atoms with Crippen LogP contribution in [0.1, 0.15) is 24.5 Å². The van der Waals surface area contributed by atoms with Gasteiger partial charge in [-0.3, -0.25) is 4.98 Å². The molecule has 1 atom stereocenters. The summed E-state index contributed by atoms with van der Waals surface area (Å²) in [6.07, 6.45) is 5.50. The fourth-order valence-electron chi connectivity index (χ4n) is 1.46. The van der Waals surface area contributed by atoms with Crippen molar-refractivity contribution in [2.75, 3.05) is 0 Å². The molecule has 0 amide bonds. The molecule has 2 aromatic heterocycles. The van der Waals surface area contributed by atoms with Crippen LogP contribution in [0.4, 0.5) is 0 Å². The lowest BCUT2D eigenvalue weighted by Crippen LogP contribution is -2.07. The Hall–Kier alpha value is -1.68. The second kappa shape index (κ2) is 3.82. The minimum Gasteiger partial charge on any atom is -0.323 e. The van der Waals surface area contributed by atoms with E-state index in [1.807, 2.05) is 42.9 Å². The van der Waals surface area contributed by atoms with Crippen LogP contribution in [0.2, 0.25) is 0 Å². The summed E-state index contributed by atoms with van der Waals surface area (Å²) in [4.78, 5) is 8.46. The number of rotatable bonds is 2. The highest BCUT2D eigenvalue weighted by atomic mass is 15.1. The van der Waals surface area contributed by atoms with Gasteiger partial charge in [-0.05, 0) is 26.0 Å². The quantitative estimate of drug-likeness (QED) is 0.804. The Morgan fingerprint density at radius 1 is 1.33 bits per heavy atom. The van der Waals surface area contributed by atoms with Crippen molar-refractivity contribution in [3.8, 4) is 5.69 Å². The van der Waals surface area contributed by atoms with Crippen LogP contribution in [0, 0.1) is 6.92 Å². The maximum Gasteiger partial charge on any atom is 0.110 e. The van der Waals surface area contributed by atoms with Crippen LogP contribution in [-0.4, -0.2) is 14.5 Å². The zero-order valence-electron chi connectivity index (χ0n) is 8.88. The van der Waals surface area contributed by atoms with E-state index in [9.17, 15) is 0 Å². The average Bonchev–Trinajstić information content (AvgIpc) is 2.65. The van der Waals surface area contributed by atoms with Gasteiger partial charge in [0.2, 0.25) is 0 Å². The first-order valence-electron chi connectivity index (χ1n) is 4.90. The molecule has 0 aliphatic carbocycles. The van der Waals surface area contributed by atoms with Gasteiger partial charge in [-0.1, -0.05) is 0 Å². The van der Waals surface area contributed by atoms with E-state index >= 15 is 0 Å². The maximum atomic E-state index is 5.73. The molecule has 2 rings (SSSR count). The number of nitrogens with zero attached hydrogens (tertiary/aromatic N) is 3. The van der Waals surface area contributed by atoms with Crippen molar-refractivity contribution in [2.45, 2.75) is 19.9 Å². The summed E-state index contributed by atoms with van der Waals surface area (Å²) in [7, 11) is 0. The predicted octanol–water partition coefficient (Wildman–Crippen LogP) is 1.60. The Morgan fingerprint density at radius 2 is 2.13 bits per heavy atom. The Morgan fingerprint density at radius 3 is 2.60 bits per heavy atom. The molecule has 4 heteroatoms. The Bertz CT molecular complexity index is 442. The van der Waals surface area contributed by atoms with Gasteiger partial charge < -0.3 is 10.3 Å².